The minimum absolute atomic E-state index is 0.125. The SMILES string of the molecule is COc1ccc(F)cc1CCn1c(=O)n(C(C)(C)C(=O)N2CCCC2)c(=O)c2c(C)c(-n3cccn3)sc21.OCCO. The van der Waals surface area contributed by atoms with Gasteiger partial charge in [0.1, 0.15) is 26.9 Å². The second kappa shape index (κ2) is 13.0. The minimum Gasteiger partial charge on any atom is -0.496 e. The summed E-state index contributed by atoms with van der Waals surface area (Å²) in [6.07, 6.45) is 5.49. The lowest BCUT2D eigenvalue weighted by Gasteiger charge is -2.31. The lowest BCUT2D eigenvalue weighted by Crippen LogP contribution is -2.56. The number of aryl methyl sites for hydroxylation is 3. The molecule has 42 heavy (non-hydrogen) atoms. The van der Waals surface area contributed by atoms with Crippen molar-refractivity contribution < 1.29 is 24.1 Å². The zero-order valence-corrected chi connectivity index (χ0v) is 25.0. The second-order valence-electron chi connectivity index (χ2n) is 10.4. The number of hydrogen-bond acceptors (Lipinski definition) is 8. The maximum absolute atomic E-state index is 14.1. The Balaban J connectivity index is 0.000000952. The van der Waals surface area contributed by atoms with E-state index in [-0.39, 0.29) is 32.1 Å². The number of rotatable bonds is 8. The van der Waals surface area contributed by atoms with Crippen molar-refractivity contribution in [2.24, 2.45) is 0 Å². The Bertz CT molecular complexity index is 1670. The Morgan fingerprint density at radius 1 is 1.17 bits per heavy atom. The summed E-state index contributed by atoms with van der Waals surface area (Å²) in [5, 5.41) is 20.6. The van der Waals surface area contributed by atoms with Crippen LogP contribution < -0.4 is 16.0 Å². The highest BCUT2D eigenvalue weighted by Gasteiger charge is 2.39. The first-order valence-electron chi connectivity index (χ1n) is 13.7. The van der Waals surface area contributed by atoms with Gasteiger partial charge in [-0.1, -0.05) is 11.3 Å². The van der Waals surface area contributed by atoms with Crippen molar-refractivity contribution in [1.82, 2.24) is 23.8 Å². The predicted molar refractivity (Wildman–Crippen MR) is 158 cm³/mol. The largest absolute Gasteiger partial charge is 0.496 e. The molecule has 2 N–H and O–H groups in total. The Hall–Kier alpha value is -3.81. The van der Waals surface area contributed by atoms with Gasteiger partial charge in [-0.2, -0.15) is 5.10 Å². The number of hydrogen-bond donors (Lipinski definition) is 2. The topological polar surface area (TPSA) is 132 Å². The molecular weight excluding hydrogens is 565 g/mol. The Morgan fingerprint density at radius 3 is 2.45 bits per heavy atom. The maximum Gasteiger partial charge on any atom is 0.333 e. The molecule has 0 saturated carbocycles. The van der Waals surface area contributed by atoms with E-state index in [1.54, 1.807) is 48.0 Å². The van der Waals surface area contributed by atoms with Crippen molar-refractivity contribution in [3.05, 3.63) is 74.4 Å². The van der Waals surface area contributed by atoms with Crippen molar-refractivity contribution in [3.63, 3.8) is 0 Å². The van der Waals surface area contributed by atoms with Crippen molar-refractivity contribution in [3.8, 4) is 10.8 Å². The summed E-state index contributed by atoms with van der Waals surface area (Å²) in [6, 6.07) is 6.03. The summed E-state index contributed by atoms with van der Waals surface area (Å²) in [7, 11) is 1.51. The van der Waals surface area contributed by atoms with Crippen molar-refractivity contribution in [1.29, 1.82) is 0 Å². The van der Waals surface area contributed by atoms with Gasteiger partial charge in [0.2, 0.25) is 5.91 Å². The molecule has 0 spiro atoms. The number of nitrogens with zero attached hydrogens (tertiary/aromatic N) is 5. The third-order valence-corrected chi connectivity index (χ3v) is 8.63. The number of carbonyl (C=O) groups is 1. The quantitative estimate of drug-likeness (QED) is 0.317. The van der Waals surface area contributed by atoms with Crippen LogP contribution in [0.2, 0.25) is 0 Å². The molecule has 0 unspecified atom stereocenters. The summed E-state index contributed by atoms with van der Waals surface area (Å²) in [6.45, 7) is 6.18. The number of ether oxygens (including phenoxy) is 1. The van der Waals surface area contributed by atoms with Crippen LogP contribution in [-0.2, 0) is 23.3 Å². The summed E-state index contributed by atoms with van der Waals surface area (Å²) < 4.78 is 23.7. The standard InChI is InChI=1S/C27H30FN5O4S.C2H6O2/c1-17-21-22(34)33(27(2,3)25(35)30-12-5-6-13-30)26(36)31(24(21)38-23(17)32-14-7-11-29-32)15-10-18-16-19(28)8-9-20(18)37-4;3-1-2-4/h7-9,11,14,16H,5-6,10,12-13,15H2,1-4H3;3-4H,1-2H2. The van der Waals surface area contributed by atoms with E-state index in [4.69, 9.17) is 14.9 Å². The summed E-state index contributed by atoms with van der Waals surface area (Å²) in [5.41, 5.74) is -1.21. The molecule has 0 radical (unpaired) electrons. The fourth-order valence-corrected chi connectivity index (χ4v) is 6.47. The summed E-state index contributed by atoms with van der Waals surface area (Å²) in [5.74, 6) is -0.159. The first kappa shape index (κ1) is 31.1. The van der Waals surface area contributed by atoms with Crippen LogP contribution in [0.5, 0.6) is 5.75 Å². The van der Waals surface area contributed by atoms with E-state index in [1.165, 1.54) is 35.1 Å². The van der Waals surface area contributed by atoms with Gasteiger partial charge >= 0.3 is 5.69 Å². The summed E-state index contributed by atoms with van der Waals surface area (Å²) in [4.78, 5) is 43.8. The summed E-state index contributed by atoms with van der Waals surface area (Å²) >= 11 is 1.29. The van der Waals surface area contributed by atoms with Crippen LogP contribution in [0.3, 0.4) is 0 Å². The Kier molecular flexibility index (Phi) is 9.64. The molecule has 13 heteroatoms. The van der Waals surface area contributed by atoms with Crippen molar-refractivity contribution >= 4 is 27.5 Å². The van der Waals surface area contributed by atoms with Crippen LogP contribution in [0, 0.1) is 12.7 Å². The van der Waals surface area contributed by atoms with E-state index in [0.717, 1.165) is 17.4 Å². The van der Waals surface area contributed by atoms with E-state index in [1.807, 2.05) is 6.92 Å². The lowest BCUT2D eigenvalue weighted by molar-refractivity contribution is -0.138. The number of thiophene rings is 1. The maximum atomic E-state index is 14.1. The lowest BCUT2D eigenvalue weighted by atomic mass is 10.0. The first-order chi connectivity index (χ1) is 20.1. The highest BCUT2D eigenvalue weighted by atomic mass is 32.1. The molecule has 0 atom stereocenters. The monoisotopic (exact) mass is 601 g/mol. The molecule has 3 aromatic heterocycles. The fourth-order valence-electron chi connectivity index (χ4n) is 5.21. The number of aliphatic hydroxyl groups is 2. The predicted octanol–water partition coefficient (Wildman–Crippen LogP) is 2.44. The average molecular weight is 602 g/mol. The van der Waals surface area contributed by atoms with Gasteiger partial charge in [-0.05, 0) is 69.9 Å². The van der Waals surface area contributed by atoms with Crippen LogP contribution in [-0.4, -0.2) is 73.3 Å². The molecule has 226 valence electrons. The molecule has 1 amide bonds. The van der Waals surface area contributed by atoms with Gasteiger partial charge in [0.05, 0.1) is 25.7 Å². The van der Waals surface area contributed by atoms with Crippen molar-refractivity contribution in [2.45, 2.75) is 52.1 Å². The number of benzene rings is 1. The number of aromatic nitrogens is 4. The normalized spacial score (nSPS) is 13.4. The number of amides is 1. The zero-order chi connectivity index (χ0) is 30.6. The highest BCUT2D eigenvalue weighted by Crippen LogP contribution is 2.32. The second-order valence-corrected chi connectivity index (χ2v) is 11.4. The van der Waals surface area contributed by atoms with Crippen LogP contribution >= 0.6 is 11.3 Å². The van der Waals surface area contributed by atoms with Crippen LogP contribution in [0.4, 0.5) is 4.39 Å². The third-order valence-electron chi connectivity index (χ3n) is 7.32. The van der Waals surface area contributed by atoms with Gasteiger partial charge in [-0.15, -0.1) is 0 Å². The molecule has 1 aliphatic heterocycles. The number of fused-ring (bicyclic) bond motifs is 1. The third kappa shape index (κ3) is 5.90. The molecule has 1 fully saturated rings. The molecule has 11 nitrogen and oxygen atoms in total. The zero-order valence-electron chi connectivity index (χ0n) is 24.2. The van der Waals surface area contributed by atoms with Gasteiger partial charge in [-0.3, -0.25) is 14.2 Å². The number of halogens is 1. The van der Waals surface area contributed by atoms with E-state index in [0.29, 0.717) is 45.2 Å². The minimum atomic E-state index is -1.40. The van der Waals surface area contributed by atoms with E-state index in [2.05, 4.69) is 5.10 Å². The first-order valence-corrected chi connectivity index (χ1v) is 14.5. The molecule has 1 aromatic carbocycles. The van der Waals surface area contributed by atoms with Crippen LogP contribution in [0.1, 0.15) is 37.8 Å². The van der Waals surface area contributed by atoms with Gasteiger partial charge < -0.3 is 19.8 Å². The number of aliphatic hydroxyl groups excluding tert-OH is 2. The molecule has 1 aliphatic rings. The van der Waals surface area contributed by atoms with Crippen molar-refractivity contribution in [2.75, 3.05) is 33.4 Å². The van der Waals surface area contributed by atoms with Crippen LogP contribution in [0.25, 0.3) is 15.2 Å². The molecule has 0 aliphatic carbocycles. The highest BCUT2D eigenvalue weighted by molar-refractivity contribution is 7.21. The molecular formula is C29H36FN5O6S. The number of likely N-dealkylation sites (tertiary alicyclic amines) is 1. The average Bonchev–Trinajstić information content (AvgIpc) is 3.75. The molecule has 4 aromatic rings. The molecule has 1 saturated heterocycles. The fraction of sp³-hybridized carbons (Fsp3) is 0.448. The van der Waals surface area contributed by atoms with Gasteiger partial charge in [0.15, 0.2) is 0 Å². The molecule has 4 heterocycles. The molecule has 0 bridgehead atoms. The van der Waals surface area contributed by atoms with Gasteiger partial charge in [-0.25, -0.2) is 18.4 Å². The Morgan fingerprint density at radius 2 is 1.86 bits per heavy atom. The van der Waals surface area contributed by atoms with Gasteiger partial charge in [0.25, 0.3) is 5.56 Å². The van der Waals surface area contributed by atoms with Crippen LogP contribution in [0.15, 0.2) is 46.2 Å². The van der Waals surface area contributed by atoms with E-state index < -0.39 is 22.6 Å². The van der Waals surface area contributed by atoms with Gasteiger partial charge in [0, 0.05) is 37.6 Å². The van der Waals surface area contributed by atoms with E-state index >= 15 is 0 Å². The molecule has 5 rings (SSSR count). The number of carbonyl (C=O) groups excluding carboxylic acids is 1. The smallest absolute Gasteiger partial charge is 0.333 e. The Labute approximate surface area is 246 Å². The number of methoxy groups -OCH3 is 1. The van der Waals surface area contributed by atoms with E-state index in [9.17, 15) is 18.8 Å².